The van der Waals surface area contributed by atoms with Crippen molar-refractivity contribution in [2.75, 3.05) is 0 Å². The summed E-state index contributed by atoms with van der Waals surface area (Å²) < 4.78 is 0. The van der Waals surface area contributed by atoms with Gasteiger partial charge in [-0.15, -0.1) is 0 Å². The number of carboxylic acid groups (broad SMARTS) is 1. The van der Waals surface area contributed by atoms with E-state index in [0.717, 1.165) is 44.9 Å². The Balaban J connectivity index is 1.61. The molecule has 3 nitrogen and oxygen atoms in total. The molecule has 0 bridgehead atoms. The van der Waals surface area contributed by atoms with Gasteiger partial charge in [0.1, 0.15) is 0 Å². The van der Waals surface area contributed by atoms with Crippen LogP contribution in [0.15, 0.2) is 11.6 Å². The van der Waals surface area contributed by atoms with Gasteiger partial charge in [-0.2, -0.15) is 0 Å². The number of carboxylic acids is 1. The van der Waals surface area contributed by atoms with Crippen LogP contribution in [-0.2, 0) is 4.79 Å². The first-order valence-electron chi connectivity index (χ1n) is 13.9. The summed E-state index contributed by atoms with van der Waals surface area (Å²) >= 11 is 0. The van der Waals surface area contributed by atoms with Gasteiger partial charge >= 0.3 is 5.97 Å². The van der Waals surface area contributed by atoms with E-state index in [2.05, 4.69) is 54.5 Å². The standard InChI is InChI=1S/C30H48O3/c1-18-10-15-30(25(32)33)17-16-28(6)20(24(30)19(18)2)8-9-22-27(5)13-12-23(31)26(3,4)21(27)11-14-29(22,28)7/h8,18-19,21-24,31H,9-17H2,1-7H3,(H,32,33)/t18-,19-,21+,22-,23+,24+,27+,28-,29-,30+/m1/s1. The molecule has 0 amide bonds. The highest BCUT2D eigenvalue weighted by molar-refractivity contribution is 5.76. The molecular formula is C30H48O3. The van der Waals surface area contributed by atoms with Crippen LogP contribution in [0.25, 0.3) is 0 Å². The molecule has 0 aromatic rings. The predicted octanol–water partition coefficient (Wildman–Crippen LogP) is 7.09. The minimum atomic E-state index is -0.557. The van der Waals surface area contributed by atoms with Crippen molar-refractivity contribution in [3.63, 3.8) is 0 Å². The Morgan fingerprint density at radius 1 is 0.909 bits per heavy atom. The van der Waals surface area contributed by atoms with E-state index >= 15 is 0 Å². The molecule has 10 atom stereocenters. The van der Waals surface area contributed by atoms with Gasteiger partial charge in [0.2, 0.25) is 0 Å². The molecule has 5 aliphatic rings. The van der Waals surface area contributed by atoms with Crippen LogP contribution in [0.3, 0.4) is 0 Å². The monoisotopic (exact) mass is 456 g/mol. The van der Waals surface area contributed by atoms with E-state index < -0.39 is 11.4 Å². The van der Waals surface area contributed by atoms with Gasteiger partial charge < -0.3 is 10.2 Å². The fourth-order valence-electron chi connectivity index (χ4n) is 10.8. The Bertz CT molecular complexity index is 874. The van der Waals surface area contributed by atoms with Crippen LogP contribution in [0, 0.1) is 56.7 Å². The quantitative estimate of drug-likeness (QED) is 0.414. The Labute approximate surface area is 201 Å². The Morgan fingerprint density at radius 3 is 2.27 bits per heavy atom. The molecule has 186 valence electrons. The van der Waals surface area contributed by atoms with Crippen molar-refractivity contribution in [1.82, 2.24) is 0 Å². The molecule has 0 aliphatic heterocycles. The van der Waals surface area contributed by atoms with Crippen LogP contribution >= 0.6 is 0 Å². The summed E-state index contributed by atoms with van der Waals surface area (Å²) in [6.45, 7) is 17.0. The van der Waals surface area contributed by atoms with E-state index in [9.17, 15) is 15.0 Å². The first kappa shape index (κ1) is 23.9. The van der Waals surface area contributed by atoms with Gasteiger partial charge in [0.05, 0.1) is 11.5 Å². The predicted molar refractivity (Wildman–Crippen MR) is 133 cm³/mol. The number of allylic oxidation sites excluding steroid dienone is 2. The van der Waals surface area contributed by atoms with Crippen LogP contribution < -0.4 is 0 Å². The Morgan fingerprint density at radius 2 is 1.61 bits per heavy atom. The number of rotatable bonds is 1. The van der Waals surface area contributed by atoms with Gasteiger partial charge in [0.25, 0.3) is 0 Å². The highest BCUT2D eigenvalue weighted by Crippen LogP contribution is 2.75. The van der Waals surface area contributed by atoms with Crippen molar-refractivity contribution in [3.8, 4) is 0 Å². The summed E-state index contributed by atoms with van der Waals surface area (Å²) in [7, 11) is 0. The lowest BCUT2D eigenvalue weighted by Crippen LogP contribution is -2.65. The maximum atomic E-state index is 12.8. The van der Waals surface area contributed by atoms with Gasteiger partial charge in [0, 0.05) is 0 Å². The summed E-state index contributed by atoms with van der Waals surface area (Å²) in [5.41, 5.74) is 1.46. The van der Waals surface area contributed by atoms with Gasteiger partial charge in [-0.05, 0) is 109 Å². The third kappa shape index (κ3) is 2.75. The SMILES string of the molecule is C[C@@H]1[C@H](C)CC[C@]2(C(=O)O)CC[C@]3(C)C(=CC[C@@H]4[C@@]5(C)CC[C@H](O)C(C)(C)[C@@H]5CC[C@]43C)[C@H]12. The van der Waals surface area contributed by atoms with E-state index in [-0.39, 0.29) is 33.7 Å². The zero-order valence-electron chi connectivity index (χ0n) is 22.2. The number of aliphatic hydroxyl groups is 1. The van der Waals surface area contributed by atoms with Crippen LogP contribution in [-0.4, -0.2) is 22.3 Å². The third-order valence-electron chi connectivity index (χ3n) is 13.4. The smallest absolute Gasteiger partial charge is 0.310 e. The first-order chi connectivity index (χ1) is 15.3. The summed E-state index contributed by atoms with van der Waals surface area (Å²) in [6.07, 6.45) is 11.6. The molecular weight excluding hydrogens is 408 g/mol. The van der Waals surface area contributed by atoms with E-state index in [1.807, 2.05) is 0 Å². The summed E-state index contributed by atoms with van der Waals surface area (Å²) in [4.78, 5) is 12.8. The molecule has 0 spiro atoms. The van der Waals surface area contributed by atoms with Crippen LogP contribution in [0.1, 0.15) is 106 Å². The number of fused-ring (bicyclic) bond motifs is 7. The minimum Gasteiger partial charge on any atom is -0.481 e. The van der Waals surface area contributed by atoms with E-state index in [1.54, 1.807) is 0 Å². The fourth-order valence-corrected chi connectivity index (χ4v) is 10.8. The fraction of sp³-hybridized carbons (Fsp3) is 0.900. The Hall–Kier alpha value is -0.830. The topological polar surface area (TPSA) is 57.5 Å². The summed E-state index contributed by atoms with van der Waals surface area (Å²) in [5.74, 6) is 1.82. The lowest BCUT2D eigenvalue weighted by molar-refractivity contribution is -0.206. The molecule has 4 saturated carbocycles. The second-order valence-electron chi connectivity index (χ2n) is 14.5. The normalized spacial score (nSPS) is 55.3. The zero-order valence-corrected chi connectivity index (χ0v) is 22.2. The zero-order chi connectivity index (χ0) is 24.2. The number of hydrogen-bond donors (Lipinski definition) is 2. The van der Waals surface area contributed by atoms with Crippen molar-refractivity contribution >= 4 is 5.97 Å². The average molecular weight is 457 g/mol. The van der Waals surface area contributed by atoms with Crippen molar-refractivity contribution < 1.29 is 15.0 Å². The highest BCUT2D eigenvalue weighted by atomic mass is 16.4. The molecule has 33 heavy (non-hydrogen) atoms. The highest BCUT2D eigenvalue weighted by Gasteiger charge is 2.69. The minimum absolute atomic E-state index is 0.0302. The number of aliphatic carboxylic acids is 1. The van der Waals surface area contributed by atoms with E-state index in [4.69, 9.17) is 0 Å². The van der Waals surface area contributed by atoms with Crippen molar-refractivity contribution in [1.29, 1.82) is 0 Å². The first-order valence-corrected chi connectivity index (χ1v) is 13.9. The van der Waals surface area contributed by atoms with Crippen molar-refractivity contribution in [3.05, 3.63) is 11.6 Å². The van der Waals surface area contributed by atoms with Gasteiger partial charge in [-0.1, -0.05) is 60.1 Å². The van der Waals surface area contributed by atoms with Crippen LogP contribution in [0.2, 0.25) is 0 Å². The van der Waals surface area contributed by atoms with Crippen molar-refractivity contribution in [2.45, 2.75) is 112 Å². The molecule has 3 heteroatoms. The van der Waals surface area contributed by atoms with Crippen LogP contribution in [0.5, 0.6) is 0 Å². The molecule has 0 radical (unpaired) electrons. The molecule has 0 aromatic carbocycles. The second-order valence-corrected chi connectivity index (χ2v) is 14.5. The molecule has 5 rings (SSSR count). The molecule has 2 N–H and O–H groups in total. The van der Waals surface area contributed by atoms with Gasteiger partial charge in [-0.25, -0.2) is 0 Å². The number of hydrogen-bond acceptors (Lipinski definition) is 2. The van der Waals surface area contributed by atoms with Crippen molar-refractivity contribution in [2.24, 2.45) is 56.7 Å². The molecule has 0 aromatic heterocycles. The average Bonchev–Trinajstić information content (AvgIpc) is 2.74. The van der Waals surface area contributed by atoms with Crippen LogP contribution in [0.4, 0.5) is 0 Å². The molecule has 4 fully saturated rings. The largest absolute Gasteiger partial charge is 0.481 e. The lowest BCUT2D eigenvalue weighted by Gasteiger charge is -2.71. The Kier molecular flexibility index (Phi) is 5.15. The summed E-state index contributed by atoms with van der Waals surface area (Å²) in [5, 5.41) is 21.4. The third-order valence-corrected chi connectivity index (χ3v) is 13.4. The molecule has 0 unspecified atom stereocenters. The van der Waals surface area contributed by atoms with E-state index in [1.165, 1.54) is 18.4 Å². The molecule has 0 heterocycles. The van der Waals surface area contributed by atoms with Gasteiger partial charge in [0.15, 0.2) is 0 Å². The molecule has 0 saturated heterocycles. The summed E-state index contributed by atoms with van der Waals surface area (Å²) in [6, 6.07) is 0. The number of aliphatic hydroxyl groups excluding tert-OH is 1. The van der Waals surface area contributed by atoms with Gasteiger partial charge in [-0.3, -0.25) is 4.79 Å². The number of carbonyl (C=O) groups is 1. The van der Waals surface area contributed by atoms with E-state index in [0.29, 0.717) is 23.7 Å². The second kappa shape index (κ2) is 7.11. The maximum absolute atomic E-state index is 12.8. The maximum Gasteiger partial charge on any atom is 0.310 e. The molecule has 5 aliphatic carbocycles. The lowest BCUT2D eigenvalue weighted by atomic mass is 9.33.